The zero-order valence-corrected chi connectivity index (χ0v) is 17.1. The summed E-state index contributed by atoms with van der Waals surface area (Å²) < 4.78 is 3.50. The fourth-order valence-corrected chi connectivity index (χ4v) is 4.52. The molecule has 9 heteroatoms. The first-order valence-electron chi connectivity index (χ1n) is 9.94. The summed E-state index contributed by atoms with van der Waals surface area (Å²) in [5, 5.41) is 14.0. The minimum Gasteiger partial charge on any atom is -0.325 e. The summed E-state index contributed by atoms with van der Waals surface area (Å²) >= 11 is 1.40. The molecule has 0 bridgehead atoms. The molecule has 0 saturated carbocycles. The highest BCUT2D eigenvalue weighted by Gasteiger charge is 2.16. The molecule has 0 aliphatic carbocycles. The number of carbonyl (C=O) groups is 1. The van der Waals surface area contributed by atoms with Gasteiger partial charge in [0.25, 0.3) is 5.56 Å². The topological polar surface area (TPSA) is 94.7 Å². The van der Waals surface area contributed by atoms with Crippen molar-refractivity contribution in [3.05, 3.63) is 58.2 Å². The van der Waals surface area contributed by atoms with Crippen molar-refractivity contribution in [1.82, 2.24) is 24.3 Å². The van der Waals surface area contributed by atoms with Gasteiger partial charge in [0, 0.05) is 24.2 Å². The Bertz CT molecular complexity index is 1290. The summed E-state index contributed by atoms with van der Waals surface area (Å²) in [6.07, 6.45) is 5.82. The second-order valence-corrected chi connectivity index (χ2v) is 8.24. The largest absolute Gasteiger partial charge is 0.325 e. The van der Waals surface area contributed by atoms with Gasteiger partial charge in [0.1, 0.15) is 17.2 Å². The molecule has 1 aromatic carbocycles. The van der Waals surface area contributed by atoms with Crippen LogP contribution in [0.15, 0.2) is 46.8 Å². The van der Waals surface area contributed by atoms with Gasteiger partial charge in [-0.2, -0.15) is 0 Å². The molecule has 3 aromatic heterocycles. The van der Waals surface area contributed by atoms with Gasteiger partial charge in [-0.3, -0.25) is 14.2 Å². The van der Waals surface area contributed by atoms with E-state index in [0.717, 1.165) is 43.0 Å². The molecular formula is C21H20N6O2S. The lowest BCUT2D eigenvalue weighted by Crippen LogP contribution is -2.27. The van der Waals surface area contributed by atoms with Crippen molar-refractivity contribution >= 4 is 33.1 Å². The molecule has 1 aliphatic heterocycles. The lowest BCUT2D eigenvalue weighted by atomic mass is 10.2. The molecule has 152 valence electrons. The maximum atomic E-state index is 12.6. The van der Waals surface area contributed by atoms with Crippen molar-refractivity contribution in [1.29, 1.82) is 0 Å². The van der Waals surface area contributed by atoms with Gasteiger partial charge >= 0.3 is 0 Å². The van der Waals surface area contributed by atoms with Crippen LogP contribution in [0.3, 0.4) is 0 Å². The van der Waals surface area contributed by atoms with Crippen LogP contribution in [0.1, 0.15) is 25.1 Å². The number of nitrogens with one attached hydrogen (secondary N) is 1. The third kappa shape index (κ3) is 3.52. The maximum Gasteiger partial charge on any atom is 0.262 e. The molecule has 4 heterocycles. The Kier molecular flexibility index (Phi) is 4.88. The number of fused-ring (bicyclic) bond motifs is 2. The van der Waals surface area contributed by atoms with Gasteiger partial charge in [0.2, 0.25) is 5.91 Å². The van der Waals surface area contributed by atoms with E-state index < -0.39 is 0 Å². The second-order valence-electron chi connectivity index (χ2n) is 7.35. The Hall–Kier alpha value is -3.33. The molecule has 1 aliphatic rings. The number of rotatable bonds is 4. The fraction of sp³-hybridized carbons (Fsp3) is 0.286. The standard InChI is InChI=1S/C21H20N6O2S/c28-18(12-26-13-22-20-16(21(26)29)8-10-30-20)23-15-6-4-5-14(11-15)19-25-24-17-7-2-1-3-9-27(17)19/h4-6,8,10-11,13H,1-3,7,9,12H2,(H,23,28). The van der Waals surface area contributed by atoms with Crippen LogP contribution in [0, 0.1) is 0 Å². The highest BCUT2D eigenvalue weighted by molar-refractivity contribution is 7.16. The van der Waals surface area contributed by atoms with Gasteiger partial charge in [0.05, 0.1) is 11.7 Å². The average molecular weight is 420 g/mol. The monoisotopic (exact) mass is 420 g/mol. The van der Waals surface area contributed by atoms with E-state index in [-0.39, 0.29) is 18.0 Å². The third-order valence-electron chi connectivity index (χ3n) is 5.28. The molecule has 8 nitrogen and oxygen atoms in total. The van der Waals surface area contributed by atoms with Gasteiger partial charge in [-0.15, -0.1) is 21.5 Å². The number of nitrogens with zero attached hydrogens (tertiary/aromatic N) is 5. The second kappa shape index (κ2) is 7.83. The van der Waals surface area contributed by atoms with E-state index in [1.165, 1.54) is 28.7 Å². The summed E-state index contributed by atoms with van der Waals surface area (Å²) in [4.78, 5) is 30.0. The molecule has 0 fully saturated rings. The van der Waals surface area contributed by atoms with Gasteiger partial charge in [-0.1, -0.05) is 18.6 Å². The molecule has 0 radical (unpaired) electrons. The number of hydrogen-bond acceptors (Lipinski definition) is 6. The summed E-state index contributed by atoms with van der Waals surface area (Å²) in [5.74, 6) is 1.56. The first kappa shape index (κ1) is 18.7. The smallest absolute Gasteiger partial charge is 0.262 e. The lowest BCUT2D eigenvalue weighted by molar-refractivity contribution is -0.116. The minimum atomic E-state index is -0.286. The summed E-state index contributed by atoms with van der Waals surface area (Å²) in [5.41, 5.74) is 1.35. The van der Waals surface area contributed by atoms with Crippen molar-refractivity contribution < 1.29 is 4.79 Å². The third-order valence-corrected chi connectivity index (χ3v) is 6.10. The summed E-state index contributed by atoms with van der Waals surface area (Å²) in [6, 6.07) is 9.30. The first-order chi connectivity index (χ1) is 14.7. The van der Waals surface area contributed by atoms with E-state index in [1.54, 1.807) is 6.07 Å². The van der Waals surface area contributed by atoms with Gasteiger partial charge < -0.3 is 9.88 Å². The number of carbonyl (C=O) groups excluding carboxylic acids is 1. The van der Waals surface area contributed by atoms with Gasteiger partial charge in [-0.25, -0.2) is 4.98 Å². The summed E-state index contributed by atoms with van der Waals surface area (Å²) in [6.45, 7) is 0.817. The highest BCUT2D eigenvalue weighted by atomic mass is 32.1. The van der Waals surface area contributed by atoms with E-state index in [0.29, 0.717) is 15.9 Å². The Labute approximate surface area is 176 Å². The number of hydrogen-bond donors (Lipinski definition) is 1. The number of aryl methyl sites for hydroxylation is 1. The van der Waals surface area contributed by atoms with Crippen molar-refractivity contribution in [2.75, 3.05) is 5.32 Å². The van der Waals surface area contributed by atoms with E-state index in [9.17, 15) is 9.59 Å². The molecule has 5 rings (SSSR count). The molecule has 0 atom stereocenters. The van der Waals surface area contributed by atoms with Crippen LogP contribution in [-0.4, -0.2) is 30.2 Å². The Balaban J connectivity index is 1.36. The molecule has 0 saturated heterocycles. The minimum absolute atomic E-state index is 0.0951. The number of benzene rings is 1. The molecule has 4 aromatic rings. The van der Waals surface area contributed by atoms with Crippen LogP contribution in [0.2, 0.25) is 0 Å². The SMILES string of the molecule is O=C(Cn1cnc2sccc2c1=O)Nc1cccc(-c2nnc3n2CCCCC3)c1. The quantitative estimate of drug-likeness (QED) is 0.547. The van der Waals surface area contributed by atoms with Crippen LogP contribution in [0.5, 0.6) is 0 Å². The molecule has 1 amide bonds. The first-order valence-corrected chi connectivity index (χ1v) is 10.8. The number of amides is 1. The zero-order valence-electron chi connectivity index (χ0n) is 16.2. The Morgan fingerprint density at radius 2 is 2.10 bits per heavy atom. The van der Waals surface area contributed by atoms with E-state index in [4.69, 9.17) is 0 Å². The normalized spacial score (nSPS) is 13.7. The zero-order chi connectivity index (χ0) is 20.5. The van der Waals surface area contributed by atoms with Crippen molar-refractivity contribution in [3.63, 3.8) is 0 Å². The number of aromatic nitrogens is 5. The Morgan fingerprint density at radius 1 is 1.17 bits per heavy atom. The highest BCUT2D eigenvalue weighted by Crippen LogP contribution is 2.25. The van der Waals surface area contributed by atoms with E-state index >= 15 is 0 Å². The maximum absolute atomic E-state index is 12.6. The van der Waals surface area contributed by atoms with E-state index in [1.807, 2.05) is 29.6 Å². The predicted octanol–water partition coefficient (Wildman–Crippen LogP) is 3.08. The Morgan fingerprint density at radius 3 is 3.03 bits per heavy atom. The van der Waals surface area contributed by atoms with Crippen LogP contribution in [-0.2, 0) is 24.3 Å². The number of thiophene rings is 1. The predicted molar refractivity (Wildman–Crippen MR) is 116 cm³/mol. The summed E-state index contributed by atoms with van der Waals surface area (Å²) in [7, 11) is 0. The van der Waals surface area contributed by atoms with Crippen molar-refractivity contribution in [3.8, 4) is 11.4 Å². The number of anilines is 1. The van der Waals surface area contributed by atoms with Gasteiger partial charge in [0.15, 0.2) is 5.82 Å². The van der Waals surface area contributed by atoms with Crippen LogP contribution < -0.4 is 10.9 Å². The van der Waals surface area contributed by atoms with Crippen LogP contribution in [0.25, 0.3) is 21.6 Å². The van der Waals surface area contributed by atoms with Gasteiger partial charge in [-0.05, 0) is 36.4 Å². The van der Waals surface area contributed by atoms with E-state index in [2.05, 4.69) is 25.1 Å². The van der Waals surface area contributed by atoms with Crippen molar-refractivity contribution in [2.45, 2.75) is 38.8 Å². The van der Waals surface area contributed by atoms with Crippen molar-refractivity contribution in [2.24, 2.45) is 0 Å². The molecule has 30 heavy (non-hydrogen) atoms. The molecule has 0 spiro atoms. The average Bonchev–Trinajstić information content (AvgIpc) is 3.32. The molecule has 0 unspecified atom stereocenters. The lowest BCUT2D eigenvalue weighted by Gasteiger charge is -2.10. The molecular weight excluding hydrogens is 400 g/mol. The molecule has 1 N–H and O–H groups in total. The van der Waals surface area contributed by atoms with Crippen LogP contribution in [0.4, 0.5) is 5.69 Å². The van der Waals surface area contributed by atoms with Crippen LogP contribution >= 0.6 is 11.3 Å². The fourth-order valence-electron chi connectivity index (χ4n) is 3.80.